The lowest BCUT2D eigenvalue weighted by Gasteiger charge is -2.10. The Bertz CT molecular complexity index is 1180. The standard InChI is InChI=1S/C18H16F2N4O4S/c1-11-6-7-13(9-21-11)29(27,28)16-8-12(10-23(2)18(25)26)22-24(16)15-5-3-4-14(19)17(15)20/h3-9H,10H2,1-2H3,(H,25,26). The molecule has 2 aromatic heterocycles. The molecule has 0 aliphatic carbocycles. The summed E-state index contributed by atoms with van der Waals surface area (Å²) in [5.41, 5.74) is 0.211. The average molecular weight is 422 g/mol. The normalized spacial score (nSPS) is 11.4. The highest BCUT2D eigenvalue weighted by atomic mass is 32.2. The van der Waals surface area contributed by atoms with Crippen LogP contribution in [0.15, 0.2) is 52.5 Å². The highest BCUT2D eigenvalue weighted by molar-refractivity contribution is 7.91. The second-order valence-corrected chi connectivity index (χ2v) is 8.13. The fourth-order valence-corrected chi connectivity index (χ4v) is 3.89. The first kappa shape index (κ1) is 20.4. The number of halogens is 2. The van der Waals surface area contributed by atoms with Gasteiger partial charge in [-0.25, -0.2) is 26.7 Å². The molecule has 3 aromatic rings. The van der Waals surface area contributed by atoms with Crippen LogP contribution in [0.3, 0.4) is 0 Å². The molecule has 0 bridgehead atoms. The van der Waals surface area contributed by atoms with Crippen LogP contribution in [-0.4, -0.2) is 46.3 Å². The molecule has 0 aliphatic heterocycles. The van der Waals surface area contributed by atoms with Crippen LogP contribution in [0.5, 0.6) is 0 Å². The molecule has 1 N–H and O–H groups in total. The van der Waals surface area contributed by atoms with E-state index in [0.29, 0.717) is 5.69 Å². The summed E-state index contributed by atoms with van der Waals surface area (Å²) in [7, 11) is -2.95. The number of aromatic nitrogens is 3. The van der Waals surface area contributed by atoms with Crippen molar-refractivity contribution in [2.75, 3.05) is 7.05 Å². The zero-order chi connectivity index (χ0) is 21.3. The van der Waals surface area contributed by atoms with Gasteiger partial charge < -0.3 is 10.0 Å². The van der Waals surface area contributed by atoms with Crippen molar-refractivity contribution in [3.63, 3.8) is 0 Å². The molecule has 152 valence electrons. The molecule has 1 amide bonds. The first-order valence-corrected chi connectivity index (χ1v) is 9.74. The molecule has 0 saturated heterocycles. The van der Waals surface area contributed by atoms with E-state index in [0.717, 1.165) is 27.9 Å². The van der Waals surface area contributed by atoms with Gasteiger partial charge in [0.05, 0.1) is 17.1 Å². The highest BCUT2D eigenvalue weighted by Gasteiger charge is 2.27. The zero-order valence-corrected chi connectivity index (χ0v) is 16.2. The minimum absolute atomic E-state index is 0.0391. The Hall–Kier alpha value is -3.34. The number of benzene rings is 1. The maximum Gasteiger partial charge on any atom is 0.407 e. The lowest BCUT2D eigenvalue weighted by atomic mass is 10.3. The maximum atomic E-state index is 14.4. The minimum Gasteiger partial charge on any atom is -0.465 e. The summed E-state index contributed by atoms with van der Waals surface area (Å²) in [5.74, 6) is -2.46. The van der Waals surface area contributed by atoms with Crippen molar-refractivity contribution in [2.45, 2.75) is 23.4 Å². The highest BCUT2D eigenvalue weighted by Crippen LogP contribution is 2.26. The van der Waals surface area contributed by atoms with Crippen LogP contribution in [0.2, 0.25) is 0 Å². The smallest absolute Gasteiger partial charge is 0.407 e. The molecule has 1 aromatic carbocycles. The Morgan fingerprint density at radius 2 is 1.97 bits per heavy atom. The van der Waals surface area contributed by atoms with E-state index in [-0.39, 0.29) is 17.1 Å². The van der Waals surface area contributed by atoms with Gasteiger partial charge in [-0.3, -0.25) is 4.98 Å². The van der Waals surface area contributed by atoms with Gasteiger partial charge in [0.2, 0.25) is 9.84 Å². The van der Waals surface area contributed by atoms with Crippen molar-refractivity contribution in [2.24, 2.45) is 0 Å². The number of aryl methyl sites for hydroxylation is 1. The molecule has 29 heavy (non-hydrogen) atoms. The fourth-order valence-electron chi connectivity index (χ4n) is 2.55. The first-order valence-electron chi connectivity index (χ1n) is 8.26. The largest absolute Gasteiger partial charge is 0.465 e. The second-order valence-electron chi connectivity index (χ2n) is 6.24. The molecule has 3 rings (SSSR count). The SMILES string of the molecule is Cc1ccc(S(=O)(=O)c2cc(CN(C)C(=O)O)nn2-c2cccc(F)c2F)cn1. The molecule has 0 unspecified atom stereocenters. The van der Waals surface area contributed by atoms with Gasteiger partial charge in [0, 0.05) is 25.0 Å². The number of sulfone groups is 1. The molecule has 0 atom stereocenters. The van der Waals surface area contributed by atoms with Crippen LogP contribution in [0.25, 0.3) is 5.69 Å². The molecule has 11 heteroatoms. The minimum atomic E-state index is -4.22. The number of pyridine rings is 1. The Kier molecular flexibility index (Phi) is 5.33. The van der Waals surface area contributed by atoms with Gasteiger partial charge in [-0.15, -0.1) is 0 Å². The molecule has 0 saturated carbocycles. The van der Waals surface area contributed by atoms with Crippen molar-refractivity contribution < 1.29 is 27.1 Å². The first-order chi connectivity index (χ1) is 13.6. The van der Waals surface area contributed by atoms with E-state index in [1.165, 1.54) is 31.3 Å². The van der Waals surface area contributed by atoms with Crippen molar-refractivity contribution in [3.8, 4) is 5.69 Å². The Morgan fingerprint density at radius 3 is 2.59 bits per heavy atom. The summed E-state index contributed by atoms with van der Waals surface area (Å²) in [5, 5.41) is 12.6. The molecule has 2 heterocycles. The summed E-state index contributed by atoms with van der Waals surface area (Å²) in [4.78, 5) is 15.7. The van der Waals surface area contributed by atoms with Crippen LogP contribution >= 0.6 is 0 Å². The van der Waals surface area contributed by atoms with Crippen LogP contribution < -0.4 is 0 Å². The van der Waals surface area contributed by atoms with Gasteiger partial charge in [-0.05, 0) is 31.2 Å². The Morgan fingerprint density at radius 1 is 1.24 bits per heavy atom. The molecular formula is C18H16F2N4O4S. The van der Waals surface area contributed by atoms with E-state index in [9.17, 15) is 22.0 Å². The van der Waals surface area contributed by atoms with Gasteiger partial charge in [0.1, 0.15) is 5.69 Å². The molecule has 0 spiro atoms. The predicted molar refractivity (Wildman–Crippen MR) is 97.4 cm³/mol. The Balaban J connectivity index is 2.21. The number of hydrogen-bond donors (Lipinski definition) is 1. The zero-order valence-electron chi connectivity index (χ0n) is 15.4. The van der Waals surface area contributed by atoms with Gasteiger partial charge in [0.15, 0.2) is 16.7 Å². The third kappa shape index (κ3) is 3.94. The number of amides is 1. The number of rotatable bonds is 5. The lowest BCUT2D eigenvalue weighted by Crippen LogP contribution is -2.24. The van der Waals surface area contributed by atoms with E-state index < -0.39 is 38.3 Å². The molecule has 0 radical (unpaired) electrons. The van der Waals surface area contributed by atoms with Crippen molar-refractivity contribution in [1.29, 1.82) is 0 Å². The number of nitrogens with zero attached hydrogens (tertiary/aromatic N) is 4. The molecule has 0 aliphatic rings. The number of hydrogen-bond acceptors (Lipinski definition) is 5. The fraction of sp³-hybridized carbons (Fsp3) is 0.167. The van der Waals surface area contributed by atoms with Crippen LogP contribution in [0, 0.1) is 18.6 Å². The van der Waals surface area contributed by atoms with Crippen molar-refractivity contribution >= 4 is 15.9 Å². The summed E-state index contributed by atoms with van der Waals surface area (Å²) >= 11 is 0. The third-order valence-electron chi connectivity index (χ3n) is 4.08. The van der Waals surface area contributed by atoms with Crippen LogP contribution in [0.1, 0.15) is 11.4 Å². The Labute approximate surface area is 165 Å². The summed E-state index contributed by atoms with van der Waals surface area (Å²) in [6.07, 6.45) is -0.115. The predicted octanol–water partition coefficient (Wildman–Crippen LogP) is 2.80. The van der Waals surface area contributed by atoms with E-state index in [4.69, 9.17) is 5.11 Å². The average Bonchev–Trinajstić information content (AvgIpc) is 3.08. The van der Waals surface area contributed by atoms with Crippen molar-refractivity contribution in [3.05, 3.63) is 65.6 Å². The quantitative estimate of drug-likeness (QED) is 0.678. The van der Waals surface area contributed by atoms with Gasteiger partial charge >= 0.3 is 6.09 Å². The molecular weight excluding hydrogens is 406 g/mol. The van der Waals surface area contributed by atoms with E-state index >= 15 is 0 Å². The number of carbonyl (C=O) groups is 1. The number of carboxylic acid groups (broad SMARTS) is 1. The second kappa shape index (κ2) is 7.59. The lowest BCUT2D eigenvalue weighted by molar-refractivity contribution is 0.153. The summed E-state index contributed by atoms with van der Waals surface area (Å²) in [6.45, 7) is 1.43. The van der Waals surface area contributed by atoms with Gasteiger partial charge in [-0.2, -0.15) is 5.10 Å². The molecule has 0 fully saturated rings. The van der Waals surface area contributed by atoms with Crippen LogP contribution in [0.4, 0.5) is 13.6 Å². The third-order valence-corrected chi connectivity index (χ3v) is 5.79. The summed E-state index contributed by atoms with van der Waals surface area (Å²) in [6, 6.07) is 7.22. The molecule has 8 nitrogen and oxygen atoms in total. The summed E-state index contributed by atoms with van der Waals surface area (Å²) < 4.78 is 55.1. The maximum absolute atomic E-state index is 14.4. The van der Waals surface area contributed by atoms with Gasteiger partial charge in [0.25, 0.3) is 0 Å². The monoisotopic (exact) mass is 422 g/mol. The van der Waals surface area contributed by atoms with E-state index in [1.807, 2.05) is 0 Å². The van der Waals surface area contributed by atoms with Crippen molar-refractivity contribution in [1.82, 2.24) is 19.7 Å². The van der Waals surface area contributed by atoms with Crippen LogP contribution in [-0.2, 0) is 16.4 Å². The van der Waals surface area contributed by atoms with Gasteiger partial charge in [-0.1, -0.05) is 6.07 Å². The topological polar surface area (TPSA) is 105 Å². The van der Waals surface area contributed by atoms with E-state index in [2.05, 4.69) is 10.1 Å². The van der Waals surface area contributed by atoms with E-state index in [1.54, 1.807) is 6.92 Å².